The van der Waals surface area contributed by atoms with Gasteiger partial charge in [0.2, 0.25) is 11.8 Å². The summed E-state index contributed by atoms with van der Waals surface area (Å²) < 4.78 is 5.27. The summed E-state index contributed by atoms with van der Waals surface area (Å²) in [5.74, 6) is -0.505. The first kappa shape index (κ1) is 16.9. The molecule has 0 aromatic rings. The molecule has 0 fully saturated rings. The molecule has 4 N–H and O–H groups in total. The lowest BCUT2D eigenvalue weighted by Gasteiger charge is -2.16. The van der Waals surface area contributed by atoms with Gasteiger partial charge in [0.15, 0.2) is 0 Å². The Bertz CT molecular complexity index is 269. The number of amides is 2. The highest BCUT2D eigenvalue weighted by atomic mass is 16.5. The standard InChI is InChI=1S/C12H25N3O3/c1-5-18-9(4)6-14-10(16)7-15-12(17)11(13)8(2)3/h8-9,11H,5-7,13H2,1-4H3,(H,14,16)(H,15,17)/t9?,11-/m0/s1. The van der Waals surface area contributed by atoms with Gasteiger partial charge in [-0.25, -0.2) is 0 Å². The van der Waals surface area contributed by atoms with Crippen molar-refractivity contribution in [1.29, 1.82) is 0 Å². The Balaban J connectivity index is 3.80. The van der Waals surface area contributed by atoms with Crippen LogP contribution < -0.4 is 16.4 Å². The van der Waals surface area contributed by atoms with Crippen LogP contribution in [-0.4, -0.2) is 43.7 Å². The van der Waals surface area contributed by atoms with E-state index in [4.69, 9.17) is 10.5 Å². The van der Waals surface area contributed by atoms with Gasteiger partial charge in [0.05, 0.1) is 18.7 Å². The van der Waals surface area contributed by atoms with Crippen molar-refractivity contribution in [2.45, 2.75) is 39.8 Å². The molecule has 0 heterocycles. The third-order valence-corrected chi connectivity index (χ3v) is 2.48. The van der Waals surface area contributed by atoms with E-state index in [-0.39, 0.29) is 30.4 Å². The van der Waals surface area contributed by atoms with Gasteiger partial charge in [-0.05, 0) is 19.8 Å². The number of nitrogens with two attached hydrogens (primary N) is 1. The summed E-state index contributed by atoms with van der Waals surface area (Å²) >= 11 is 0. The van der Waals surface area contributed by atoms with Gasteiger partial charge in [-0.2, -0.15) is 0 Å². The fourth-order valence-electron chi connectivity index (χ4n) is 1.25. The van der Waals surface area contributed by atoms with E-state index in [1.165, 1.54) is 0 Å². The van der Waals surface area contributed by atoms with Gasteiger partial charge < -0.3 is 21.1 Å². The second kappa shape index (κ2) is 8.88. The molecule has 0 aliphatic heterocycles. The number of hydrogen-bond donors (Lipinski definition) is 3. The van der Waals surface area contributed by atoms with Gasteiger partial charge in [0, 0.05) is 13.2 Å². The summed E-state index contributed by atoms with van der Waals surface area (Å²) in [6, 6.07) is -0.583. The summed E-state index contributed by atoms with van der Waals surface area (Å²) in [6.07, 6.45) is -0.0347. The van der Waals surface area contributed by atoms with Crippen LogP contribution in [0.25, 0.3) is 0 Å². The van der Waals surface area contributed by atoms with Gasteiger partial charge >= 0.3 is 0 Å². The molecule has 1 unspecified atom stereocenters. The average molecular weight is 259 g/mol. The van der Waals surface area contributed by atoms with Crippen LogP contribution in [0.3, 0.4) is 0 Å². The monoisotopic (exact) mass is 259 g/mol. The van der Waals surface area contributed by atoms with Crippen LogP contribution in [0.2, 0.25) is 0 Å². The molecule has 2 amide bonds. The van der Waals surface area contributed by atoms with Crippen LogP contribution in [0, 0.1) is 5.92 Å². The van der Waals surface area contributed by atoms with E-state index >= 15 is 0 Å². The molecule has 6 nitrogen and oxygen atoms in total. The molecule has 0 spiro atoms. The van der Waals surface area contributed by atoms with Gasteiger partial charge in [-0.15, -0.1) is 0 Å². The number of ether oxygens (including phenoxy) is 1. The van der Waals surface area contributed by atoms with Crippen LogP contribution in [0.4, 0.5) is 0 Å². The molecule has 6 heteroatoms. The Morgan fingerprint density at radius 3 is 2.33 bits per heavy atom. The molecule has 2 atom stereocenters. The van der Waals surface area contributed by atoms with Crippen molar-refractivity contribution in [1.82, 2.24) is 10.6 Å². The fourth-order valence-corrected chi connectivity index (χ4v) is 1.25. The second-order valence-electron chi connectivity index (χ2n) is 4.56. The quantitative estimate of drug-likeness (QED) is 0.554. The topological polar surface area (TPSA) is 93.5 Å². The highest BCUT2D eigenvalue weighted by Gasteiger charge is 2.17. The van der Waals surface area contributed by atoms with Crippen molar-refractivity contribution >= 4 is 11.8 Å². The maximum Gasteiger partial charge on any atom is 0.239 e. The summed E-state index contributed by atoms with van der Waals surface area (Å²) in [4.78, 5) is 22.9. The molecule has 0 bridgehead atoms. The minimum atomic E-state index is -0.583. The molecule has 0 radical (unpaired) electrons. The van der Waals surface area contributed by atoms with Gasteiger partial charge in [-0.1, -0.05) is 13.8 Å². The van der Waals surface area contributed by atoms with E-state index in [1.807, 2.05) is 27.7 Å². The zero-order chi connectivity index (χ0) is 14.1. The predicted octanol–water partition coefficient (Wildman–Crippen LogP) is -0.373. The van der Waals surface area contributed by atoms with Crippen LogP contribution in [0.5, 0.6) is 0 Å². The summed E-state index contributed by atoms with van der Waals surface area (Å²) in [7, 11) is 0. The lowest BCUT2D eigenvalue weighted by Crippen LogP contribution is -2.47. The number of rotatable bonds is 8. The molecule has 0 aromatic heterocycles. The minimum absolute atomic E-state index is 0.0347. The number of carbonyl (C=O) groups excluding carboxylic acids is 2. The van der Waals surface area contributed by atoms with E-state index in [0.717, 1.165) is 0 Å². The normalized spacial score (nSPS) is 14.1. The Morgan fingerprint density at radius 1 is 1.22 bits per heavy atom. The van der Waals surface area contributed by atoms with Crippen molar-refractivity contribution in [3.05, 3.63) is 0 Å². The van der Waals surface area contributed by atoms with Gasteiger partial charge in [-0.3, -0.25) is 9.59 Å². The fraction of sp³-hybridized carbons (Fsp3) is 0.833. The molecular formula is C12H25N3O3. The molecule has 0 aliphatic carbocycles. The minimum Gasteiger partial charge on any atom is -0.377 e. The molecule has 0 saturated carbocycles. The Hall–Kier alpha value is -1.14. The Morgan fingerprint density at radius 2 is 1.83 bits per heavy atom. The molecule has 18 heavy (non-hydrogen) atoms. The Labute approximate surface area is 109 Å². The highest BCUT2D eigenvalue weighted by molar-refractivity contribution is 5.87. The lowest BCUT2D eigenvalue weighted by atomic mass is 10.1. The van der Waals surface area contributed by atoms with Crippen molar-refractivity contribution in [2.24, 2.45) is 11.7 Å². The highest BCUT2D eigenvalue weighted by Crippen LogP contribution is 1.97. The molecular weight excluding hydrogens is 234 g/mol. The number of carbonyl (C=O) groups is 2. The van der Waals surface area contributed by atoms with Gasteiger partial charge in [0.1, 0.15) is 0 Å². The third-order valence-electron chi connectivity index (χ3n) is 2.48. The lowest BCUT2D eigenvalue weighted by molar-refractivity contribution is -0.127. The molecule has 0 aliphatic rings. The van der Waals surface area contributed by atoms with Gasteiger partial charge in [0.25, 0.3) is 0 Å². The van der Waals surface area contributed by atoms with Crippen molar-refractivity contribution in [2.75, 3.05) is 19.7 Å². The zero-order valence-electron chi connectivity index (χ0n) is 11.7. The molecule has 0 saturated heterocycles. The second-order valence-corrected chi connectivity index (χ2v) is 4.56. The smallest absolute Gasteiger partial charge is 0.239 e. The van der Waals surface area contributed by atoms with Crippen molar-refractivity contribution < 1.29 is 14.3 Å². The number of hydrogen-bond acceptors (Lipinski definition) is 4. The van der Waals surface area contributed by atoms with E-state index < -0.39 is 6.04 Å². The average Bonchev–Trinajstić information content (AvgIpc) is 2.32. The summed E-state index contributed by atoms with van der Waals surface area (Å²) in [5, 5.41) is 5.17. The zero-order valence-corrected chi connectivity index (χ0v) is 11.7. The van der Waals surface area contributed by atoms with E-state index in [0.29, 0.717) is 13.2 Å². The van der Waals surface area contributed by atoms with Crippen LogP contribution in [-0.2, 0) is 14.3 Å². The largest absolute Gasteiger partial charge is 0.377 e. The molecule has 0 aromatic carbocycles. The predicted molar refractivity (Wildman–Crippen MR) is 69.9 cm³/mol. The van der Waals surface area contributed by atoms with Crippen molar-refractivity contribution in [3.63, 3.8) is 0 Å². The summed E-state index contributed by atoms with van der Waals surface area (Å²) in [6.45, 7) is 8.46. The van der Waals surface area contributed by atoms with E-state index in [9.17, 15) is 9.59 Å². The first-order valence-corrected chi connectivity index (χ1v) is 6.30. The van der Waals surface area contributed by atoms with Crippen LogP contribution in [0.15, 0.2) is 0 Å². The number of nitrogens with one attached hydrogen (secondary N) is 2. The molecule has 106 valence electrons. The van der Waals surface area contributed by atoms with E-state index in [2.05, 4.69) is 10.6 Å². The maximum absolute atomic E-state index is 11.5. The SMILES string of the molecule is CCOC(C)CNC(=O)CNC(=O)[C@@H](N)C(C)C. The maximum atomic E-state index is 11.5. The molecule has 0 rings (SSSR count). The summed E-state index contributed by atoms with van der Waals surface area (Å²) in [5.41, 5.74) is 5.64. The van der Waals surface area contributed by atoms with E-state index in [1.54, 1.807) is 0 Å². The van der Waals surface area contributed by atoms with Crippen LogP contribution in [0.1, 0.15) is 27.7 Å². The third kappa shape index (κ3) is 7.24. The Kier molecular flexibility index (Phi) is 8.32. The first-order chi connectivity index (χ1) is 8.38. The van der Waals surface area contributed by atoms with Crippen LogP contribution >= 0.6 is 0 Å². The first-order valence-electron chi connectivity index (χ1n) is 6.30. The van der Waals surface area contributed by atoms with Crippen molar-refractivity contribution in [3.8, 4) is 0 Å².